The molecule has 1 aromatic rings. The number of hydrogen-bond donors (Lipinski definition) is 2. The van der Waals surface area contributed by atoms with Crippen LogP contribution in [0.5, 0.6) is 0 Å². The monoisotopic (exact) mass is 279 g/mol. The van der Waals surface area contributed by atoms with Crippen molar-refractivity contribution in [2.45, 2.75) is 19.9 Å². The van der Waals surface area contributed by atoms with Gasteiger partial charge in [-0.3, -0.25) is 14.5 Å². The van der Waals surface area contributed by atoms with Crippen LogP contribution in [0.2, 0.25) is 0 Å². The Morgan fingerprint density at radius 2 is 2.15 bits per heavy atom. The maximum Gasteiger partial charge on any atom is 0.267 e. The molecule has 0 bridgehead atoms. The minimum atomic E-state index is -0.182. The second-order valence-corrected chi connectivity index (χ2v) is 5.15. The Hall–Kier alpha value is -1.66. The van der Waals surface area contributed by atoms with Gasteiger partial charge in [0.2, 0.25) is 0 Å². The Bertz CT molecular complexity index is 478. The van der Waals surface area contributed by atoms with E-state index in [1.807, 2.05) is 6.92 Å². The Morgan fingerprint density at radius 1 is 1.45 bits per heavy atom. The second kappa shape index (κ2) is 6.67. The largest absolute Gasteiger partial charge is 0.379 e. The van der Waals surface area contributed by atoms with E-state index in [9.17, 15) is 9.59 Å². The van der Waals surface area contributed by atoms with Crippen molar-refractivity contribution in [1.82, 2.24) is 15.2 Å². The van der Waals surface area contributed by atoms with E-state index in [1.54, 1.807) is 12.3 Å². The molecular formula is C14H21N3O3. The van der Waals surface area contributed by atoms with Gasteiger partial charge in [0.05, 0.1) is 13.2 Å². The summed E-state index contributed by atoms with van der Waals surface area (Å²) in [6.07, 6.45) is 1.56. The molecule has 2 heterocycles. The van der Waals surface area contributed by atoms with Gasteiger partial charge in [-0.05, 0) is 19.9 Å². The van der Waals surface area contributed by atoms with Crippen LogP contribution < -0.4 is 5.32 Å². The van der Waals surface area contributed by atoms with Crippen molar-refractivity contribution < 1.29 is 14.3 Å². The summed E-state index contributed by atoms with van der Waals surface area (Å²) < 4.78 is 5.29. The number of ketones is 1. The predicted molar refractivity (Wildman–Crippen MR) is 75.0 cm³/mol. The number of hydrogen-bond acceptors (Lipinski definition) is 4. The molecule has 1 unspecified atom stereocenters. The van der Waals surface area contributed by atoms with Crippen molar-refractivity contribution in [3.05, 3.63) is 23.5 Å². The van der Waals surface area contributed by atoms with Crippen LogP contribution in [0.25, 0.3) is 0 Å². The van der Waals surface area contributed by atoms with E-state index >= 15 is 0 Å². The highest BCUT2D eigenvalue weighted by atomic mass is 16.5. The summed E-state index contributed by atoms with van der Waals surface area (Å²) in [4.78, 5) is 28.3. The molecule has 20 heavy (non-hydrogen) atoms. The number of aromatic nitrogens is 1. The average Bonchev–Trinajstić information content (AvgIpc) is 2.89. The fourth-order valence-corrected chi connectivity index (χ4v) is 2.25. The third-order valence-corrected chi connectivity index (χ3v) is 3.35. The molecule has 0 aromatic carbocycles. The second-order valence-electron chi connectivity index (χ2n) is 5.15. The first kappa shape index (κ1) is 14.7. The highest BCUT2D eigenvalue weighted by Gasteiger charge is 2.17. The number of Topliss-reactive ketones (excluding diaryl/α,β-unsaturated/α-hetero) is 1. The van der Waals surface area contributed by atoms with Gasteiger partial charge in [0.25, 0.3) is 5.91 Å². The van der Waals surface area contributed by atoms with Crippen molar-refractivity contribution in [1.29, 1.82) is 0 Å². The molecule has 1 fully saturated rings. The zero-order chi connectivity index (χ0) is 14.5. The third-order valence-electron chi connectivity index (χ3n) is 3.35. The molecule has 1 atom stereocenters. The van der Waals surface area contributed by atoms with Gasteiger partial charge < -0.3 is 15.0 Å². The SMILES string of the molecule is CC(=O)c1c[nH]c(C(=O)NC(C)CN2CCOCC2)c1. The van der Waals surface area contributed by atoms with E-state index in [1.165, 1.54) is 6.92 Å². The van der Waals surface area contributed by atoms with Crippen molar-refractivity contribution in [2.75, 3.05) is 32.8 Å². The lowest BCUT2D eigenvalue weighted by Crippen LogP contribution is -2.46. The Kier molecular flexibility index (Phi) is 4.92. The molecule has 0 radical (unpaired) electrons. The van der Waals surface area contributed by atoms with Gasteiger partial charge in [0.15, 0.2) is 5.78 Å². The van der Waals surface area contributed by atoms with Gasteiger partial charge in [0, 0.05) is 37.4 Å². The minimum Gasteiger partial charge on any atom is -0.379 e. The molecule has 0 aliphatic carbocycles. The number of nitrogens with zero attached hydrogens (tertiary/aromatic N) is 1. The van der Waals surface area contributed by atoms with Crippen molar-refractivity contribution in [2.24, 2.45) is 0 Å². The molecule has 1 aliphatic rings. The van der Waals surface area contributed by atoms with E-state index in [0.717, 1.165) is 32.8 Å². The summed E-state index contributed by atoms with van der Waals surface area (Å²) in [6.45, 7) is 7.55. The molecular weight excluding hydrogens is 258 g/mol. The van der Waals surface area contributed by atoms with Gasteiger partial charge in [-0.25, -0.2) is 0 Å². The van der Waals surface area contributed by atoms with Gasteiger partial charge in [-0.15, -0.1) is 0 Å². The van der Waals surface area contributed by atoms with Crippen LogP contribution in [0, 0.1) is 0 Å². The van der Waals surface area contributed by atoms with E-state index in [4.69, 9.17) is 4.74 Å². The Labute approximate surface area is 118 Å². The predicted octanol–water partition coefficient (Wildman–Crippen LogP) is 0.668. The zero-order valence-corrected chi connectivity index (χ0v) is 11.9. The Balaban J connectivity index is 1.84. The van der Waals surface area contributed by atoms with Crippen LogP contribution >= 0.6 is 0 Å². The van der Waals surface area contributed by atoms with Crippen LogP contribution in [0.15, 0.2) is 12.3 Å². The van der Waals surface area contributed by atoms with Crippen LogP contribution in [0.4, 0.5) is 0 Å². The van der Waals surface area contributed by atoms with Crippen LogP contribution in [0.1, 0.15) is 34.7 Å². The first-order chi connectivity index (χ1) is 9.56. The lowest BCUT2D eigenvalue weighted by molar-refractivity contribution is 0.0342. The summed E-state index contributed by atoms with van der Waals surface area (Å²) in [5.74, 6) is -0.236. The van der Waals surface area contributed by atoms with E-state index < -0.39 is 0 Å². The van der Waals surface area contributed by atoms with E-state index in [0.29, 0.717) is 11.3 Å². The number of carbonyl (C=O) groups excluding carboxylic acids is 2. The number of morpholine rings is 1. The first-order valence-corrected chi connectivity index (χ1v) is 6.86. The molecule has 6 heteroatoms. The molecule has 0 spiro atoms. The summed E-state index contributed by atoms with van der Waals surface area (Å²) in [5, 5.41) is 2.93. The zero-order valence-electron chi connectivity index (χ0n) is 11.9. The molecule has 0 saturated carbocycles. The lowest BCUT2D eigenvalue weighted by atomic mass is 10.2. The summed E-state index contributed by atoms with van der Waals surface area (Å²) in [5.41, 5.74) is 0.944. The molecule has 2 N–H and O–H groups in total. The van der Waals surface area contributed by atoms with Gasteiger partial charge in [-0.1, -0.05) is 0 Å². The summed E-state index contributed by atoms with van der Waals surface area (Å²) in [6, 6.07) is 1.63. The molecule has 6 nitrogen and oxygen atoms in total. The number of amides is 1. The van der Waals surface area contributed by atoms with Crippen LogP contribution in [-0.4, -0.2) is 60.5 Å². The highest BCUT2D eigenvalue weighted by molar-refractivity contribution is 5.99. The fraction of sp³-hybridized carbons (Fsp3) is 0.571. The molecule has 1 aromatic heterocycles. The molecule has 1 amide bonds. The maximum absolute atomic E-state index is 12.0. The molecule has 2 rings (SSSR count). The number of H-pyrrole nitrogens is 1. The smallest absolute Gasteiger partial charge is 0.267 e. The van der Waals surface area contributed by atoms with Crippen LogP contribution in [-0.2, 0) is 4.74 Å². The summed E-state index contributed by atoms with van der Waals surface area (Å²) in [7, 11) is 0. The Morgan fingerprint density at radius 3 is 2.75 bits per heavy atom. The van der Waals surface area contributed by atoms with Gasteiger partial charge >= 0.3 is 0 Å². The highest BCUT2D eigenvalue weighted by Crippen LogP contribution is 2.05. The molecule has 1 saturated heterocycles. The number of ether oxygens (including phenoxy) is 1. The van der Waals surface area contributed by atoms with E-state index in [2.05, 4.69) is 15.2 Å². The van der Waals surface area contributed by atoms with Gasteiger partial charge in [-0.2, -0.15) is 0 Å². The van der Waals surface area contributed by atoms with E-state index in [-0.39, 0.29) is 17.7 Å². The minimum absolute atomic E-state index is 0.0460. The quantitative estimate of drug-likeness (QED) is 0.777. The van der Waals surface area contributed by atoms with Gasteiger partial charge in [0.1, 0.15) is 5.69 Å². The fourth-order valence-electron chi connectivity index (χ4n) is 2.25. The van der Waals surface area contributed by atoms with Crippen LogP contribution in [0.3, 0.4) is 0 Å². The van der Waals surface area contributed by atoms with Crippen molar-refractivity contribution >= 4 is 11.7 Å². The first-order valence-electron chi connectivity index (χ1n) is 6.86. The maximum atomic E-state index is 12.0. The van der Waals surface area contributed by atoms with Crippen molar-refractivity contribution in [3.8, 4) is 0 Å². The standard InChI is InChI=1S/C14H21N3O3/c1-10(9-17-3-5-20-6-4-17)16-14(19)13-7-12(8-15-13)11(2)18/h7-8,10,15H,3-6,9H2,1-2H3,(H,16,19). The third kappa shape index (κ3) is 3.91. The van der Waals surface area contributed by atoms with Crippen molar-refractivity contribution in [3.63, 3.8) is 0 Å². The normalized spacial score (nSPS) is 17.7. The molecule has 1 aliphatic heterocycles. The number of nitrogens with one attached hydrogen (secondary N) is 2. The lowest BCUT2D eigenvalue weighted by Gasteiger charge is -2.29. The summed E-state index contributed by atoms with van der Waals surface area (Å²) >= 11 is 0. The number of rotatable bonds is 5. The average molecular weight is 279 g/mol. The number of carbonyl (C=O) groups is 2. The molecule has 110 valence electrons. The number of aromatic amines is 1. The topological polar surface area (TPSA) is 74.4 Å².